The zero-order chi connectivity index (χ0) is 23.9. The summed E-state index contributed by atoms with van der Waals surface area (Å²) in [7, 11) is -9.05. The maximum atomic E-state index is 13.0. The molecule has 1 aromatic heterocycles. The number of nitrogens with zero attached hydrogens (tertiary/aromatic N) is 1. The van der Waals surface area contributed by atoms with Crippen LogP contribution in [0.2, 0.25) is 10.0 Å². The molecule has 32 heavy (non-hydrogen) atoms. The molecule has 7 nitrogen and oxygen atoms in total. The molecule has 3 rings (SSSR count). The fourth-order valence-corrected chi connectivity index (χ4v) is 7.19. The minimum Gasteiger partial charge on any atom is -0.424 e. The molecule has 15 heteroatoms. The van der Waals surface area contributed by atoms with Gasteiger partial charge in [0.05, 0.1) is 22.2 Å². The molecule has 1 unspecified atom stereocenters. The second-order valence-corrected chi connectivity index (χ2v) is 11.9. The molecule has 0 radical (unpaired) electrons. The van der Waals surface area contributed by atoms with Gasteiger partial charge in [0.15, 0.2) is 0 Å². The van der Waals surface area contributed by atoms with Gasteiger partial charge in [-0.05, 0) is 36.4 Å². The number of hydrogen-bond donors (Lipinski definition) is 2. The van der Waals surface area contributed by atoms with Crippen molar-refractivity contribution in [3.63, 3.8) is 0 Å². The van der Waals surface area contributed by atoms with Gasteiger partial charge in [0, 0.05) is 15.1 Å². The SMILES string of the molecule is N#Cc1ccc(OP(=O)(O)CNS(=O)(=O)c2cc3c(Cl)cc(Cl)cc3s2)cc1C(F)(F)F. The Morgan fingerprint density at radius 3 is 2.53 bits per heavy atom. The summed E-state index contributed by atoms with van der Waals surface area (Å²) in [5.74, 6) is -0.662. The molecule has 0 bridgehead atoms. The van der Waals surface area contributed by atoms with Crippen molar-refractivity contribution < 1.29 is 35.6 Å². The van der Waals surface area contributed by atoms with Gasteiger partial charge in [-0.1, -0.05) is 23.2 Å². The molecule has 1 atom stereocenters. The van der Waals surface area contributed by atoms with Gasteiger partial charge in [0.2, 0.25) is 0 Å². The van der Waals surface area contributed by atoms with Crippen molar-refractivity contribution in [3.05, 3.63) is 57.6 Å². The summed E-state index contributed by atoms with van der Waals surface area (Å²) >= 11 is 12.7. The molecule has 0 aliphatic carbocycles. The number of benzene rings is 2. The molecule has 3 aromatic rings. The Hall–Kier alpha value is -1.84. The highest BCUT2D eigenvalue weighted by Gasteiger charge is 2.35. The van der Waals surface area contributed by atoms with Crippen molar-refractivity contribution in [1.82, 2.24) is 4.72 Å². The van der Waals surface area contributed by atoms with E-state index in [1.807, 2.05) is 4.72 Å². The molecule has 0 amide bonds. The highest BCUT2D eigenvalue weighted by Crippen LogP contribution is 2.44. The molecule has 0 spiro atoms. The number of nitrogens with one attached hydrogen (secondary N) is 1. The molecular formula is C17H10Cl2F3N2O5PS2. The number of nitriles is 1. The summed E-state index contributed by atoms with van der Waals surface area (Å²) < 4.78 is 83.2. The van der Waals surface area contributed by atoms with Crippen LogP contribution in [-0.2, 0) is 20.8 Å². The van der Waals surface area contributed by atoms with Crippen LogP contribution in [0.3, 0.4) is 0 Å². The number of halogens is 5. The number of sulfonamides is 1. The maximum absolute atomic E-state index is 13.0. The fourth-order valence-electron chi connectivity index (χ4n) is 2.52. The molecule has 0 aliphatic rings. The van der Waals surface area contributed by atoms with Crippen molar-refractivity contribution in [2.24, 2.45) is 0 Å². The smallest absolute Gasteiger partial charge is 0.417 e. The Morgan fingerprint density at radius 1 is 1.22 bits per heavy atom. The lowest BCUT2D eigenvalue weighted by molar-refractivity contribution is -0.137. The summed E-state index contributed by atoms with van der Waals surface area (Å²) in [5, 5.41) is 9.69. The number of fused-ring (bicyclic) bond motifs is 1. The Bertz CT molecular complexity index is 1400. The van der Waals surface area contributed by atoms with Crippen LogP contribution in [-0.4, -0.2) is 19.6 Å². The van der Waals surface area contributed by atoms with Gasteiger partial charge in [-0.25, -0.2) is 13.0 Å². The van der Waals surface area contributed by atoms with Crippen LogP contribution < -0.4 is 9.25 Å². The van der Waals surface area contributed by atoms with Gasteiger partial charge in [-0.2, -0.15) is 23.2 Å². The summed E-state index contributed by atoms with van der Waals surface area (Å²) in [6, 6.07) is 7.57. The molecule has 0 saturated heterocycles. The fraction of sp³-hybridized carbons (Fsp3) is 0.118. The summed E-state index contributed by atoms with van der Waals surface area (Å²) in [6.45, 7) is 0. The number of thiophene rings is 1. The zero-order valence-electron chi connectivity index (χ0n) is 15.4. The van der Waals surface area contributed by atoms with Crippen LogP contribution >= 0.6 is 42.1 Å². The first-order valence-electron chi connectivity index (χ1n) is 8.23. The van der Waals surface area contributed by atoms with Crippen LogP contribution in [0.5, 0.6) is 5.75 Å². The first-order chi connectivity index (χ1) is 14.7. The van der Waals surface area contributed by atoms with E-state index >= 15 is 0 Å². The lowest BCUT2D eigenvalue weighted by atomic mass is 10.1. The van der Waals surface area contributed by atoms with Gasteiger partial charge < -0.3 is 9.42 Å². The standard InChI is InChI=1S/C17H10Cl2F3N2O5PS2/c18-10-3-14(19)12-6-16(31-15(12)4-10)32(27,28)24-8-30(25,26)29-11-2-1-9(7-23)13(5-11)17(20,21)22/h1-6,24H,8H2,(H,25,26). The molecule has 2 aromatic carbocycles. The minimum absolute atomic E-state index is 0.211. The van der Waals surface area contributed by atoms with Crippen molar-refractivity contribution >= 4 is 62.2 Å². The van der Waals surface area contributed by atoms with E-state index in [4.69, 9.17) is 33.0 Å². The largest absolute Gasteiger partial charge is 0.424 e. The first kappa shape index (κ1) is 24.8. The van der Waals surface area contributed by atoms with Gasteiger partial charge in [0.1, 0.15) is 16.2 Å². The van der Waals surface area contributed by atoms with Gasteiger partial charge in [-0.3, -0.25) is 0 Å². The van der Waals surface area contributed by atoms with Crippen molar-refractivity contribution in [2.75, 3.05) is 6.29 Å². The third-order valence-electron chi connectivity index (χ3n) is 3.91. The average Bonchev–Trinajstić information content (AvgIpc) is 3.11. The monoisotopic (exact) mass is 544 g/mol. The van der Waals surface area contributed by atoms with Crippen LogP contribution in [0.4, 0.5) is 13.2 Å². The van der Waals surface area contributed by atoms with E-state index < -0.39 is 47.0 Å². The third-order valence-corrected chi connectivity index (χ3v) is 8.67. The number of hydrogen-bond acceptors (Lipinski definition) is 6. The van der Waals surface area contributed by atoms with Crippen molar-refractivity contribution in [2.45, 2.75) is 10.4 Å². The molecule has 0 fully saturated rings. The number of alkyl halides is 3. The maximum Gasteiger partial charge on any atom is 0.417 e. The van der Waals surface area contributed by atoms with Crippen LogP contribution in [0.25, 0.3) is 10.1 Å². The molecule has 0 saturated carbocycles. The predicted molar refractivity (Wildman–Crippen MR) is 114 cm³/mol. The first-order valence-corrected chi connectivity index (χ1v) is 13.0. The quantitative estimate of drug-likeness (QED) is 0.390. The molecule has 2 N–H and O–H groups in total. The third kappa shape index (κ3) is 5.55. The Labute approximate surface area is 193 Å². The Balaban J connectivity index is 1.80. The summed E-state index contributed by atoms with van der Waals surface area (Å²) in [6.07, 6.45) is -6.03. The van der Waals surface area contributed by atoms with Crippen LogP contribution in [0.1, 0.15) is 11.1 Å². The molecule has 170 valence electrons. The van der Waals surface area contributed by atoms with E-state index in [1.165, 1.54) is 24.3 Å². The van der Waals surface area contributed by atoms with E-state index in [9.17, 15) is 31.0 Å². The zero-order valence-corrected chi connectivity index (χ0v) is 19.4. The van der Waals surface area contributed by atoms with E-state index in [0.29, 0.717) is 16.2 Å². The highest BCUT2D eigenvalue weighted by atomic mass is 35.5. The van der Waals surface area contributed by atoms with E-state index in [1.54, 1.807) is 0 Å². The van der Waals surface area contributed by atoms with E-state index in [0.717, 1.165) is 23.5 Å². The summed E-state index contributed by atoms with van der Waals surface area (Å²) in [4.78, 5) is 9.94. The average molecular weight is 545 g/mol. The van der Waals surface area contributed by atoms with Gasteiger partial charge in [-0.15, -0.1) is 11.3 Å². The minimum atomic E-state index is -4.91. The predicted octanol–water partition coefficient (Wildman–Crippen LogP) is 5.60. The number of rotatable bonds is 6. The molecule has 1 heterocycles. The topological polar surface area (TPSA) is 116 Å². The van der Waals surface area contributed by atoms with Gasteiger partial charge >= 0.3 is 13.8 Å². The van der Waals surface area contributed by atoms with Crippen molar-refractivity contribution in [3.8, 4) is 11.8 Å². The second kappa shape index (κ2) is 8.83. The van der Waals surface area contributed by atoms with Gasteiger partial charge in [0.25, 0.3) is 10.0 Å². The Morgan fingerprint density at radius 2 is 1.91 bits per heavy atom. The second-order valence-electron chi connectivity index (χ2n) is 6.22. The lowest BCUT2D eigenvalue weighted by Crippen LogP contribution is -2.25. The Kier molecular flexibility index (Phi) is 6.85. The molecular weight excluding hydrogens is 535 g/mol. The van der Waals surface area contributed by atoms with Crippen LogP contribution in [0, 0.1) is 11.3 Å². The molecule has 0 aliphatic heterocycles. The van der Waals surface area contributed by atoms with E-state index in [2.05, 4.69) is 0 Å². The normalized spacial score (nSPS) is 14.2. The van der Waals surface area contributed by atoms with Crippen LogP contribution in [0.15, 0.2) is 40.6 Å². The van der Waals surface area contributed by atoms with E-state index in [-0.39, 0.29) is 14.3 Å². The highest BCUT2D eigenvalue weighted by molar-refractivity contribution is 7.92. The summed E-state index contributed by atoms with van der Waals surface area (Å²) in [5.41, 5.74) is -2.07. The lowest BCUT2D eigenvalue weighted by Gasteiger charge is -2.16. The van der Waals surface area contributed by atoms with Crippen molar-refractivity contribution in [1.29, 1.82) is 5.26 Å².